The quantitative estimate of drug-likeness (QED) is 0.432. The van der Waals surface area contributed by atoms with Crippen molar-refractivity contribution in [2.45, 2.75) is 76.8 Å². The lowest BCUT2D eigenvalue weighted by Crippen LogP contribution is -2.50. The van der Waals surface area contributed by atoms with Crippen LogP contribution in [0.4, 0.5) is 18.9 Å². The van der Waals surface area contributed by atoms with E-state index in [1.54, 1.807) is 16.9 Å². The van der Waals surface area contributed by atoms with Crippen molar-refractivity contribution in [2.75, 3.05) is 5.32 Å². The molecule has 5 rings (SSSR count). The maximum absolute atomic E-state index is 13.5. The number of carbonyl (C=O) groups excluding carboxylic acids is 3. The first-order chi connectivity index (χ1) is 18.0. The third kappa shape index (κ3) is 5.70. The predicted octanol–water partition coefficient (Wildman–Crippen LogP) is 2.90. The Morgan fingerprint density at radius 1 is 1.16 bits per heavy atom. The summed E-state index contributed by atoms with van der Waals surface area (Å²) in [6.45, 7) is 3.79. The molecule has 1 unspecified atom stereocenters. The van der Waals surface area contributed by atoms with E-state index in [-0.39, 0.29) is 36.7 Å². The standard InChI is InChI=1S/C25H32F3N7O3/c1-13(2)35-18(7-8-29-35)23(37)33-21(20(14-3-4-14)15-5-6-15)24(38)31-17-10-30-34(12-17)11-16-9-19(25(26,27)28)32-22(16)36/h7-8,10,12-16,19-21H,3-6,9,11H2,1-2H3,(H,31,38)(H,32,36)(H,33,37)/t16?,19-,21-/m0/s1. The maximum Gasteiger partial charge on any atom is 0.408 e. The Kier molecular flexibility index (Phi) is 6.95. The molecule has 3 aliphatic rings. The molecule has 1 aliphatic heterocycles. The van der Waals surface area contributed by atoms with Crippen LogP contribution in [0.2, 0.25) is 0 Å². The molecule has 206 valence electrons. The molecule has 0 aromatic carbocycles. The summed E-state index contributed by atoms with van der Waals surface area (Å²) in [6, 6.07) is -1.03. The van der Waals surface area contributed by atoms with Gasteiger partial charge in [-0.1, -0.05) is 0 Å². The van der Waals surface area contributed by atoms with Crippen LogP contribution in [0.15, 0.2) is 24.7 Å². The van der Waals surface area contributed by atoms with Gasteiger partial charge in [0, 0.05) is 18.4 Å². The van der Waals surface area contributed by atoms with Gasteiger partial charge < -0.3 is 16.0 Å². The minimum Gasteiger partial charge on any atom is -0.344 e. The molecule has 0 bridgehead atoms. The number of nitrogens with one attached hydrogen (secondary N) is 3. The number of rotatable bonds is 10. The number of alkyl halides is 3. The summed E-state index contributed by atoms with van der Waals surface area (Å²) in [5, 5.41) is 16.1. The lowest BCUT2D eigenvalue weighted by Gasteiger charge is -2.27. The molecule has 13 heteroatoms. The number of amides is 3. The van der Waals surface area contributed by atoms with E-state index in [1.807, 2.05) is 19.2 Å². The fourth-order valence-electron chi connectivity index (χ4n) is 5.44. The normalized spacial score (nSPS) is 22.6. The zero-order valence-electron chi connectivity index (χ0n) is 21.2. The summed E-state index contributed by atoms with van der Waals surface area (Å²) in [6.07, 6.45) is 3.64. The number of hydrogen-bond acceptors (Lipinski definition) is 5. The number of hydrogen-bond donors (Lipinski definition) is 3. The lowest BCUT2D eigenvalue weighted by molar-refractivity contribution is -0.155. The second-order valence-corrected chi connectivity index (χ2v) is 10.9. The Bertz CT molecular complexity index is 1190. The molecule has 2 aromatic rings. The van der Waals surface area contributed by atoms with Gasteiger partial charge >= 0.3 is 6.18 Å². The highest BCUT2D eigenvalue weighted by Crippen LogP contribution is 2.51. The molecule has 3 atom stereocenters. The van der Waals surface area contributed by atoms with Crippen LogP contribution < -0.4 is 16.0 Å². The van der Waals surface area contributed by atoms with Crippen LogP contribution in [-0.2, 0) is 16.1 Å². The first kappa shape index (κ1) is 26.2. The van der Waals surface area contributed by atoms with Crippen LogP contribution in [0.1, 0.15) is 62.5 Å². The molecule has 3 heterocycles. The minimum atomic E-state index is -4.50. The van der Waals surface area contributed by atoms with E-state index in [4.69, 9.17) is 0 Å². The van der Waals surface area contributed by atoms with Gasteiger partial charge in [0.1, 0.15) is 17.8 Å². The number of nitrogens with zero attached hydrogens (tertiary/aromatic N) is 4. The third-order valence-corrected chi connectivity index (χ3v) is 7.59. The summed E-state index contributed by atoms with van der Waals surface area (Å²) in [7, 11) is 0. The molecule has 0 radical (unpaired) electrons. The molecule has 38 heavy (non-hydrogen) atoms. The second-order valence-electron chi connectivity index (χ2n) is 10.9. The number of carbonyl (C=O) groups is 3. The molecule has 3 amide bonds. The van der Waals surface area contributed by atoms with Gasteiger partial charge in [-0.3, -0.25) is 23.7 Å². The summed E-state index contributed by atoms with van der Waals surface area (Å²) in [5.74, 6) is -1.52. The fraction of sp³-hybridized carbons (Fsp3) is 0.640. The van der Waals surface area contributed by atoms with Crippen LogP contribution in [0.3, 0.4) is 0 Å². The summed E-state index contributed by atoms with van der Waals surface area (Å²) in [5.41, 5.74) is 0.723. The molecule has 10 nitrogen and oxygen atoms in total. The van der Waals surface area contributed by atoms with Gasteiger partial charge in [-0.25, -0.2) is 0 Å². The highest BCUT2D eigenvalue weighted by molar-refractivity contribution is 6.00. The fourth-order valence-corrected chi connectivity index (χ4v) is 5.44. The zero-order valence-corrected chi connectivity index (χ0v) is 21.2. The molecular weight excluding hydrogens is 503 g/mol. The van der Waals surface area contributed by atoms with Crippen molar-refractivity contribution in [2.24, 2.45) is 23.7 Å². The number of halogens is 3. The second kappa shape index (κ2) is 10.1. The highest BCUT2D eigenvalue weighted by Gasteiger charge is 2.49. The largest absolute Gasteiger partial charge is 0.408 e. The van der Waals surface area contributed by atoms with Crippen molar-refractivity contribution in [1.82, 2.24) is 30.2 Å². The summed E-state index contributed by atoms with van der Waals surface area (Å²) in [4.78, 5) is 38.8. The van der Waals surface area contributed by atoms with Gasteiger partial charge in [-0.05, 0) is 69.8 Å². The van der Waals surface area contributed by atoms with E-state index in [9.17, 15) is 27.6 Å². The Labute approximate surface area is 217 Å². The molecule has 3 fully saturated rings. The van der Waals surface area contributed by atoms with Crippen molar-refractivity contribution in [3.05, 3.63) is 30.4 Å². The van der Waals surface area contributed by atoms with Crippen LogP contribution >= 0.6 is 0 Å². The summed E-state index contributed by atoms with van der Waals surface area (Å²) >= 11 is 0. The van der Waals surface area contributed by atoms with Gasteiger partial charge in [-0.2, -0.15) is 23.4 Å². The minimum absolute atomic E-state index is 0.0194. The topological polar surface area (TPSA) is 123 Å². The van der Waals surface area contributed by atoms with Crippen molar-refractivity contribution in [3.8, 4) is 0 Å². The SMILES string of the molecule is CC(C)n1nccc1C(=O)N[C@H](C(=O)Nc1cnn(CC2C[C@@H](C(F)(F)F)NC2=O)c1)C(C1CC1)C1CC1. The monoisotopic (exact) mass is 535 g/mol. The van der Waals surface area contributed by atoms with Crippen LogP contribution in [-0.4, -0.2) is 55.5 Å². The first-order valence-corrected chi connectivity index (χ1v) is 13.1. The van der Waals surface area contributed by atoms with Crippen LogP contribution in [0.25, 0.3) is 0 Å². The molecule has 2 saturated carbocycles. The van der Waals surface area contributed by atoms with Gasteiger partial charge in [0.15, 0.2) is 0 Å². The van der Waals surface area contributed by atoms with Crippen molar-refractivity contribution >= 4 is 23.4 Å². The van der Waals surface area contributed by atoms with Crippen molar-refractivity contribution in [3.63, 3.8) is 0 Å². The Morgan fingerprint density at radius 3 is 2.42 bits per heavy atom. The van der Waals surface area contributed by atoms with E-state index >= 15 is 0 Å². The van der Waals surface area contributed by atoms with E-state index in [0.717, 1.165) is 25.7 Å². The van der Waals surface area contributed by atoms with Gasteiger partial charge in [0.25, 0.3) is 5.91 Å². The van der Waals surface area contributed by atoms with Crippen LogP contribution in [0.5, 0.6) is 0 Å². The molecule has 0 spiro atoms. The highest BCUT2D eigenvalue weighted by atomic mass is 19.4. The lowest BCUT2D eigenvalue weighted by atomic mass is 9.88. The van der Waals surface area contributed by atoms with E-state index < -0.39 is 30.1 Å². The Balaban J connectivity index is 1.28. The smallest absolute Gasteiger partial charge is 0.344 e. The van der Waals surface area contributed by atoms with E-state index in [1.165, 1.54) is 17.1 Å². The van der Waals surface area contributed by atoms with E-state index in [2.05, 4.69) is 20.8 Å². The van der Waals surface area contributed by atoms with Gasteiger partial charge in [0.05, 0.1) is 24.3 Å². The number of anilines is 1. The molecule has 2 aromatic heterocycles. The first-order valence-electron chi connectivity index (χ1n) is 13.1. The average Bonchev–Trinajstić information content (AvgIpc) is 3.73. The summed E-state index contributed by atoms with van der Waals surface area (Å²) < 4.78 is 41.9. The predicted molar refractivity (Wildman–Crippen MR) is 130 cm³/mol. The van der Waals surface area contributed by atoms with Crippen molar-refractivity contribution < 1.29 is 27.6 Å². The molecular formula is C25H32F3N7O3. The number of aromatic nitrogens is 4. The van der Waals surface area contributed by atoms with E-state index in [0.29, 0.717) is 23.2 Å². The van der Waals surface area contributed by atoms with Gasteiger partial charge in [0.2, 0.25) is 11.8 Å². The Morgan fingerprint density at radius 2 is 1.84 bits per heavy atom. The molecule has 3 N–H and O–H groups in total. The average molecular weight is 536 g/mol. The van der Waals surface area contributed by atoms with Crippen molar-refractivity contribution in [1.29, 1.82) is 0 Å². The Hall–Kier alpha value is -3.38. The molecule has 1 saturated heterocycles. The third-order valence-electron chi connectivity index (χ3n) is 7.59. The van der Waals surface area contributed by atoms with Crippen LogP contribution in [0, 0.1) is 23.7 Å². The zero-order chi connectivity index (χ0) is 27.2. The molecule has 2 aliphatic carbocycles. The van der Waals surface area contributed by atoms with Gasteiger partial charge in [-0.15, -0.1) is 0 Å². The maximum atomic E-state index is 13.5.